The Morgan fingerprint density at radius 1 is 0.955 bits per heavy atom. The van der Waals surface area contributed by atoms with E-state index in [1.807, 2.05) is 22.9 Å². The number of carbonyl (C=O) groups is 1. The van der Waals surface area contributed by atoms with Gasteiger partial charge in [-0.25, -0.2) is 0 Å². The third kappa shape index (κ3) is 2.80. The molecular formula is C19H21N2O+. The third-order valence-electron chi connectivity index (χ3n) is 3.90. The molecule has 3 rings (SSSR count). The molecule has 1 amide bonds. The van der Waals surface area contributed by atoms with Crippen molar-refractivity contribution in [3.05, 3.63) is 71.3 Å². The maximum atomic E-state index is 11.3. The van der Waals surface area contributed by atoms with E-state index >= 15 is 0 Å². The first kappa shape index (κ1) is 14.5. The Bertz CT molecular complexity index is 712. The van der Waals surface area contributed by atoms with E-state index < -0.39 is 0 Å². The molecule has 1 aliphatic heterocycles. The molecule has 1 N–H and O–H groups in total. The van der Waals surface area contributed by atoms with Crippen LogP contribution in [0.2, 0.25) is 0 Å². The molecule has 0 aliphatic carbocycles. The van der Waals surface area contributed by atoms with Gasteiger partial charge in [-0.15, -0.1) is 5.43 Å². The molecule has 22 heavy (non-hydrogen) atoms. The summed E-state index contributed by atoms with van der Waals surface area (Å²) in [5.74, 6) is 0.0553. The smallest absolute Gasteiger partial charge is 0.262 e. The number of carbonyl (C=O) groups excluding carboxylic acids is 1. The maximum Gasteiger partial charge on any atom is 0.342 e. The molecule has 112 valence electrons. The van der Waals surface area contributed by atoms with Gasteiger partial charge in [-0.2, -0.15) is 0 Å². The number of hydrogen-bond acceptors (Lipinski definition) is 1. The predicted octanol–water partition coefficient (Wildman–Crippen LogP) is 2.88. The third-order valence-corrected chi connectivity index (χ3v) is 3.90. The van der Waals surface area contributed by atoms with Crippen LogP contribution in [0.1, 0.15) is 37.5 Å². The summed E-state index contributed by atoms with van der Waals surface area (Å²) in [6.45, 7) is 7.03. The van der Waals surface area contributed by atoms with Gasteiger partial charge < -0.3 is 0 Å². The van der Waals surface area contributed by atoms with Crippen LogP contribution >= 0.6 is 0 Å². The second-order valence-corrected chi connectivity index (χ2v) is 6.66. The Morgan fingerprint density at radius 2 is 1.50 bits per heavy atom. The van der Waals surface area contributed by atoms with E-state index in [2.05, 4.69) is 62.6 Å². The Labute approximate surface area is 131 Å². The van der Waals surface area contributed by atoms with Gasteiger partial charge in [0.2, 0.25) is 5.71 Å². The SMILES string of the molecule is CC(C)(C)c1ccc(/C(c2ccccc2)=[N+]2/CC(=O)N2)cc1. The number of nitrogens with zero attached hydrogens (tertiary/aromatic N) is 1. The molecule has 0 spiro atoms. The molecule has 0 aromatic heterocycles. The van der Waals surface area contributed by atoms with E-state index in [4.69, 9.17) is 0 Å². The van der Waals surface area contributed by atoms with Crippen LogP contribution in [0.25, 0.3) is 0 Å². The fourth-order valence-electron chi connectivity index (χ4n) is 2.62. The van der Waals surface area contributed by atoms with Crippen molar-refractivity contribution < 1.29 is 9.48 Å². The summed E-state index contributed by atoms with van der Waals surface area (Å²) in [4.78, 5) is 11.3. The monoisotopic (exact) mass is 293 g/mol. The van der Waals surface area contributed by atoms with Crippen LogP contribution in [0, 0.1) is 0 Å². The standard InChI is InChI=1S/C19H20N2O/c1-19(2,3)16-11-9-15(10-12-16)18(21-13-17(22)20-21)14-7-5-4-6-8-14/h4-12H,13H2,1-3H3/p+1/b21-18-. The molecule has 0 atom stereocenters. The number of hydrazone groups is 1. The molecular weight excluding hydrogens is 272 g/mol. The maximum absolute atomic E-state index is 11.3. The first-order valence-electron chi connectivity index (χ1n) is 7.55. The highest BCUT2D eigenvalue weighted by Gasteiger charge is 2.33. The molecule has 0 radical (unpaired) electrons. The van der Waals surface area contributed by atoms with Gasteiger partial charge in [0.05, 0.1) is 0 Å². The lowest BCUT2D eigenvalue weighted by atomic mass is 9.86. The van der Waals surface area contributed by atoms with Crippen molar-refractivity contribution in [3.63, 3.8) is 0 Å². The molecule has 1 fully saturated rings. The van der Waals surface area contributed by atoms with Gasteiger partial charge in [-0.05, 0) is 35.2 Å². The lowest BCUT2D eigenvalue weighted by molar-refractivity contribution is -0.601. The Balaban J connectivity index is 2.05. The normalized spacial score (nSPS) is 16.8. The van der Waals surface area contributed by atoms with Gasteiger partial charge in [0.1, 0.15) is 0 Å². The van der Waals surface area contributed by atoms with Crippen molar-refractivity contribution in [1.29, 1.82) is 0 Å². The number of amides is 1. The number of rotatable bonds is 2. The largest absolute Gasteiger partial charge is 0.342 e. The fraction of sp³-hybridized carbons (Fsp3) is 0.263. The Kier molecular flexibility index (Phi) is 3.57. The van der Waals surface area contributed by atoms with Gasteiger partial charge >= 0.3 is 5.91 Å². The topological polar surface area (TPSA) is 32.1 Å². The second-order valence-electron chi connectivity index (χ2n) is 6.66. The molecule has 3 nitrogen and oxygen atoms in total. The minimum atomic E-state index is 0.0553. The van der Waals surface area contributed by atoms with Crippen molar-refractivity contribution in [2.24, 2.45) is 0 Å². The fourth-order valence-corrected chi connectivity index (χ4v) is 2.62. The molecule has 1 saturated heterocycles. The zero-order chi connectivity index (χ0) is 15.7. The van der Waals surface area contributed by atoms with Gasteiger partial charge in [0.15, 0.2) is 0 Å². The summed E-state index contributed by atoms with van der Waals surface area (Å²) < 4.78 is 1.91. The van der Waals surface area contributed by atoms with Crippen LogP contribution in [0.15, 0.2) is 54.6 Å². The first-order valence-corrected chi connectivity index (χ1v) is 7.55. The lowest BCUT2D eigenvalue weighted by Crippen LogP contribution is -2.55. The number of nitrogens with one attached hydrogen (secondary N) is 1. The van der Waals surface area contributed by atoms with Crippen LogP contribution in [0.4, 0.5) is 0 Å². The van der Waals surface area contributed by atoms with Crippen molar-refractivity contribution in [2.75, 3.05) is 6.54 Å². The molecule has 1 aliphatic rings. The quantitative estimate of drug-likeness (QED) is 0.848. The van der Waals surface area contributed by atoms with Crippen molar-refractivity contribution in [3.8, 4) is 0 Å². The average Bonchev–Trinajstić information content (AvgIpc) is 2.46. The zero-order valence-electron chi connectivity index (χ0n) is 13.3. The summed E-state index contributed by atoms with van der Waals surface area (Å²) in [5.41, 5.74) is 7.53. The molecule has 0 bridgehead atoms. The molecule has 3 heteroatoms. The van der Waals surface area contributed by atoms with E-state index in [1.165, 1.54) is 5.56 Å². The molecule has 1 heterocycles. The number of hydrogen-bond donors (Lipinski definition) is 1. The number of benzene rings is 2. The van der Waals surface area contributed by atoms with Crippen molar-refractivity contribution in [1.82, 2.24) is 5.43 Å². The van der Waals surface area contributed by atoms with E-state index in [0.717, 1.165) is 16.8 Å². The molecule has 0 saturated carbocycles. The highest BCUT2D eigenvalue weighted by atomic mass is 16.2. The van der Waals surface area contributed by atoms with Gasteiger partial charge in [0.25, 0.3) is 6.54 Å². The average molecular weight is 293 g/mol. The van der Waals surface area contributed by atoms with Crippen LogP contribution < -0.4 is 5.43 Å². The molecule has 2 aromatic rings. The van der Waals surface area contributed by atoms with Crippen LogP contribution in [-0.4, -0.2) is 22.8 Å². The predicted molar refractivity (Wildman–Crippen MR) is 88.1 cm³/mol. The van der Waals surface area contributed by atoms with Gasteiger partial charge in [-0.1, -0.05) is 55.8 Å². The van der Waals surface area contributed by atoms with E-state index in [9.17, 15) is 4.79 Å². The highest BCUT2D eigenvalue weighted by Crippen LogP contribution is 2.23. The van der Waals surface area contributed by atoms with Gasteiger partial charge in [-0.3, -0.25) is 4.79 Å². The Morgan fingerprint density at radius 3 is 2.00 bits per heavy atom. The second kappa shape index (κ2) is 5.41. The van der Waals surface area contributed by atoms with Crippen LogP contribution in [0.5, 0.6) is 0 Å². The lowest BCUT2D eigenvalue weighted by Gasteiger charge is -2.20. The van der Waals surface area contributed by atoms with E-state index in [0.29, 0.717) is 6.54 Å². The summed E-state index contributed by atoms with van der Waals surface area (Å²) in [6, 6.07) is 18.8. The van der Waals surface area contributed by atoms with Crippen molar-refractivity contribution >= 4 is 11.6 Å². The summed E-state index contributed by atoms with van der Waals surface area (Å²) in [6.07, 6.45) is 0. The Hall–Kier alpha value is -2.42. The van der Waals surface area contributed by atoms with Crippen molar-refractivity contribution in [2.45, 2.75) is 26.2 Å². The zero-order valence-corrected chi connectivity index (χ0v) is 13.3. The minimum absolute atomic E-state index is 0.0553. The van der Waals surface area contributed by atoms with Gasteiger partial charge in [0, 0.05) is 11.1 Å². The van der Waals surface area contributed by atoms with E-state index in [1.54, 1.807) is 0 Å². The minimum Gasteiger partial charge on any atom is -0.262 e. The number of hydrazine groups is 1. The van der Waals surface area contributed by atoms with E-state index in [-0.39, 0.29) is 11.3 Å². The summed E-state index contributed by atoms with van der Waals surface area (Å²) in [5, 5.41) is 0. The molecule has 2 aromatic carbocycles. The molecule has 0 unspecified atom stereocenters. The van der Waals surface area contributed by atoms with Crippen LogP contribution in [0.3, 0.4) is 0 Å². The summed E-state index contributed by atoms with van der Waals surface area (Å²) in [7, 11) is 0. The highest BCUT2D eigenvalue weighted by molar-refractivity contribution is 6.10. The van der Waals surface area contributed by atoms with Crippen LogP contribution in [-0.2, 0) is 10.2 Å². The summed E-state index contributed by atoms with van der Waals surface area (Å²) >= 11 is 0. The first-order chi connectivity index (χ1) is 10.4.